The number of hydrogen-bond acceptors (Lipinski definition) is 9. The molecule has 49 heavy (non-hydrogen) atoms. The summed E-state index contributed by atoms with van der Waals surface area (Å²) in [5.41, 5.74) is 2.35. The number of nitrogens with one attached hydrogen (secondary N) is 2. The third-order valence-corrected chi connectivity index (χ3v) is 11.0. The number of likely N-dealkylation sites (tertiary alicyclic amines) is 1. The van der Waals surface area contributed by atoms with Crippen molar-refractivity contribution < 1.29 is 29.0 Å². The molecule has 7 atom stereocenters. The Morgan fingerprint density at radius 1 is 1.06 bits per heavy atom. The summed E-state index contributed by atoms with van der Waals surface area (Å²) in [4.78, 5) is 59.2. The molecule has 1 saturated heterocycles. The summed E-state index contributed by atoms with van der Waals surface area (Å²) in [5, 5.41) is 19.5. The van der Waals surface area contributed by atoms with E-state index in [9.17, 15) is 24.3 Å². The second-order valence-corrected chi connectivity index (χ2v) is 15.2. The largest absolute Gasteiger partial charge is 0.469 e. The van der Waals surface area contributed by atoms with Gasteiger partial charge >= 0.3 is 5.97 Å². The topological polar surface area (TPSA) is 138 Å². The van der Waals surface area contributed by atoms with Crippen LogP contribution in [0.3, 0.4) is 0 Å². The number of amides is 2. The quantitative estimate of drug-likeness (QED) is 0.170. The number of aliphatic hydroxyl groups excluding tert-OH is 1. The van der Waals surface area contributed by atoms with Gasteiger partial charge in [-0.2, -0.15) is 0 Å². The lowest BCUT2D eigenvalue weighted by Crippen LogP contribution is -2.47. The summed E-state index contributed by atoms with van der Waals surface area (Å²) in [6, 6.07) is 7.21. The molecule has 3 rings (SSSR count). The molecule has 0 bridgehead atoms. The minimum Gasteiger partial charge on any atom is -0.469 e. The van der Waals surface area contributed by atoms with Gasteiger partial charge in [-0.1, -0.05) is 77.3 Å². The number of ether oxygens (including phenoxy) is 1. The fourth-order valence-electron chi connectivity index (χ4n) is 6.53. The maximum Gasteiger partial charge on any atom is 0.308 e. The van der Waals surface area contributed by atoms with Crippen molar-refractivity contribution >= 4 is 34.9 Å². The van der Waals surface area contributed by atoms with Gasteiger partial charge in [0.1, 0.15) is 16.8 Å². The fraction of sp³-hybridized carbons (Fsp3) is 0.658. The molecular weight excluding hydrogens is 641 g/mol. The smallest absolute Gasteiger partial charge is 0.308 e. The average Bonchev–Trinajstić information content (AvgIpc) is 3.58. The Bertz CT molecular complexity index is 1380. The Balaban J connectivity index is 1.67. The summed E-state index contributed by atoms with van der Waals surface area (Å²) in [6.45, 7) is 12.7. The Labute approximate surface area is 296 Å². The summed E-state index contributed by atoms with van der Waals surface area (Å²) in [6.07, 6.45) is 4.07. The first-order chi connectivity index (χ1) is 23.2. The molecule has 1 aliphatic heterocycles. The van der Waals surface area contributed by atoms with Gasteiger partial charge in [0.2, 0.25) is 5.91 Å². The van der Waals surface area contributed by atoms with Crippen molar-refractivity contribution in [2.45, 2.75) is 117 Å². The predicted octanol–water partition coefficient (Wildman–Crippen LogP) is 5.66. The van der Waals surface area contributed by atoms with Crippen molar-refractivity contribution in [3.05, 3.63) is 51.5 Å². The molecular formula is C38H58N4O6S. The molecule has 2 heterocycles. The normalized spacial score (nSPS) is 18.9. The fourth-order valence-corrected chi connectivity index (χ4v) is 7.33. The van der Waals surface area contributed by atoms with Gasteiger partial charge in [0.05, 0.1) is 19.1 Å². The molecule has 2 aromatic rings. The lowest BCUT2D eigenvalue weighted by atomic mass is 9.83. The number of rotatable bonds is 18. The summed E-state index contributed by atoms with van der Waals surface area (Å²) >= 11 is 1.19. The molecule has 1 fully saturated rings. The number of piperidine rings is 1. The van der Waals surface area contributed by atoms with Gasteiger partial charge in [-0.15, -0.1) is 11.3 Å². The van der Waals surface area contributed by atoms with Crippen LogP contribution in [0.2, 0.25) is 0 Å². The molecule has 3 N–H and O–H groups in total. The Hall–Kier alpha value is -3.15. The van der Waals surface area contributed by atoms with E-state index >= 15 is 0 Å². The highest BCUT2D eigenvalue weighted by Crippen LogP contribution is 2.28. The maximum absolute atomic E-state index is 13.7. The monoisotopic (exact) mass is 698 g/mol. The third-order valence-electron chi connectivity index (χ3n) is 10.1. The van der Waals surface area contributed by atoms with E-state index in [1.54, 1.807) is 12.3 Å². The van der Waals surface area contributed by atoms with E-state index in [1.807, 2.05) is 65.9 Å². The molecule has 0 aliphatic carbocycles. The lowest BCUT2D eigenvalue weighted by Gasteiger charge is -2.33. The van der Waals surface area contributed by atoms with Crippen LogP contribution in [0.4, 0.5) is 0 Å². The Morgan fingerprint density at radius 2 is 1.76 bits per heavy atom. The van der Waals surface area contributed by atoms with Crippen LogP contribution in [0.5, 0.6) is 0 Å². The van der Waals surface area contributed by atoms with Crippen LogP contribution in [-0.2, 0) is 25.5 Å². The molecule has 10 nitrogen and oxygen atoms in total. The van der Waals surface area contributed by atoms with Crippen molar-refractivity contribution in [3.8, 4) is 0 Å². The number of esters is 1. The Kier molecular flexibility index (Phi) is 15.9. The first-order valence-corrected chi connectivity index (χ1v) is 18.7. The average molecular weight is 699 g/mol. The predicted molar refractivity (Wildman–Crippen MR) is 193 cm³/mol. The van der Waals surface area contributed by atoms with E-state index in [0.29, 0.717) is 17.8 Å². The van der Waals surface area contributed by atoms with Crippen molar-refractivity contribution in [2.75, 3.05) is 20.7 Å². The number of carbonyl (C=O) groups is 4. The van der Waals surface area contributed by atoms with E-state index in [0.717, 1.165) is 43.4 Å². The second-order valence-electron chi connectivity index (χ2n) is 14.4. The number of thiazole rings is 1. The molecule has 1 unspecified atom stereocenters. The molecule has 1 aromatic heterocycles. The number of carbonyl (C=O) groups excluding carboxylic acids is 4. The summed E-state index contributed by atoms with van der Waals surface area (Å²) in [5.74, 6) is -1.58. The second kappa shape index (κ2) is 19.3. The number of hydrogen-bond donors (Lipinski definition) is 3. The van der Waals surface area contributed by atoms with Gasteiger partial charge in [0.15, 0.2) is 5.78 Å². The van der Waals surface area contributed by atoms with Crippen LogP contribution >= 0.6 is 11.3 Å². The molecule has 272 valence electrons. The number of ketones is 1. The highest BCUT2D eigenvalue weighted by atomic mass is 32.1. The number of methoxy groups -OCH3 is 1. The van der Waals surface area contributed by atoms with Gasteiger partial charge in [-0.3, -0.25) is 24.1 Å². The number of Topliss-reactive ketones (excluding diaryl/α,β-unsaturated/α-hetero) is 1. The van der Waals surface area contributed by atoms with E-state index in [4.69, 9.17) is 4.74 Å². The van der Waals surface area contributed by atoms with E-state index in [1.165, 1.54) is 18.4 Å². The number of aromatic nitrogens is 1. The van der Waals surface area contributed by atoms with Crippen molar-refractivity contribution in [3.63, 3.8) is 0 Å². The zero-order chi connectivity index (χ0) is 36.2. The van der Waals surface area contributed by atoms with E-state index in [-0.39, 0.29) is 72.1 Å². The minimum atomic E-state index is -0.999. The number of nitrogens with zero attached hydrogens (tertiary/aromatic N) is 2. The first kappa shape index (κ1) is 40.3. The molecule has 0 spiro atoms. The minimum absolute atomic E-state index is 0.0124. The van der Waals surface area contributed by atoms with Crippen LogP contribution in [0, 0.1) is 30.6 Å². The number of aryl methyl sites for hydroxylation is 1. The van der Waals surface area contributed by atoms with Crippen LogP contribution < -0.4 is 10.6 Å². The van der Waals surface area contributed by atoms with Crippen molar-refractivity contribution in [2.24, 2.45) is 23.7 Å². The van der Waals surface area contributed by atoms with E-state index in [2.05, 4.69) is 20.5 Å². The molecule has 1 aliphatic rings. The molecule has 2 amide bonds. The van der Waals surface area contributed by atoms with Crippen molar-refractivity contribution in [1.29, 1.82) is 0 Å². The third kappa shape index (κ3) is 12.0. The van der Waals surface area contributed by atoms with E-state index < -0.39 is 17.9 Å². The van der Waals surface area contributed by atoms with Gasteiger partial charge in [0.25, 0.3) is 5.91 Å². The van der Waals surface area contributed by atoms with Crippen LogP contribution in [0.25, 0.3) is 0 Å². The zero-order valence-electron chi connectivity index (χ0n) is 30.7. The highest BCUT2D eigenvalue weighted by Gasteiger charge is 2.34. The first-order valence-electron chi connectivity index (χ1n) is 17.8. The van der Waals surface area contributed by atoms with Gasteiger partial charge in [0, 0.05) is 36.2 Å². The van der Waals surface area contributed by atoms with Gasteiger partial charge in [-0.05, 0) is 63.6 Å². The molecule has 11 heteroatoms. The molecule has 0 saturated carbocycles. The Morgan fingerprint density at radius 3 is 2.37 bits per heavy atom. The van der Waals surface area contributed by atoms with Crippen LogP contribution in [0.15, 0.2) is 29.6 Å². The number of aliphatic hydroxyl groups is 1. The molecule has 0 radical (unpaired) electrons. The van der Waals surface area contributed by atoms with Gasteiger partial charge < -0.3 is 20.5 Å². The SMILES string of the molecule is CC[C@H](C)C(CC(=O)[C@H]1CCCCN1C)C(=O)N[C@H](C[C@@H](O)c1nc(C(=O)N[C@@H](Cc2ccc(C)cc2)C[C@H](C)C(=O)OC)cs1)C(C)C. The number of benzene rings is 1. The lowest BCUT2D eigenvalue weighted by molar-refractivity contribution is -0.145. The highest BCUT2D eigenvalue weighted by molar-refractivity contribution is 7.09. The number of likely N-dealkylation sites (N-methyl/N-ethyl adjacent to an activating group) is 1. The van der Waals surface area contributed by atoms with Crippen LogP contribution in [0.1, 0.15) is 112 Å². The molecule has 1 aromatic carbocycles. The van der Waals surface area contributed by atoms with Gasteiger partial charge in [-0.25, -0.2) is 4.98 Å². The standard InChI is InChI=1S/C38H58N4O6S/c1-9-25(5)29(20-33(43)32-12-10-11-17-42(32)7)35(45)40-30(23(2)3)21-34(44)37-41-31(22-49-37)36(46)39-28(18-26(6)38(47)48-8)19-27-15-13-24(4)14-16-27/h13-16,22-23,25-26,28-30,32,34,44H,9-12,17-21H2,1-8H3,(H,39,46)(H,40,45)/t25-,26-,28+,29?,30+,32+,34+/m0/s1. The maximum atomic E-state index is 13.7. The zero-order valence-corrected chi connectivity index (χ0v) is 31.5. The summed E-state index contributed by atoms with van der Waals surface area (Å²) < 4.78 is 4.91. The van der Waals surface area contributed by atoms with Crippen LogP contribution in [-0.4, -0.2) is 77.4 Å². The summed E-state index contributed by atoms with van der Waals surface area (Å²) in [7, 11) is 3.34. The van der Waals surface area contributed by atoms with Crippen molar-refractivity contribution in [1.82, 2.24) is 20.5 Å².